The Bertz CT molecular complexity index is 3430. The fourth-order valence-electron chi connectivity index (χ4n) is 10.6. The van der Waals surface area contributed by atoms with E-state index in [1.807, 2.05) is 25.2 Å². The molecular weight excluding hydrogens is 730 g/mol. The fourth-order valence-corrected chi connectivity index (χ4v) is 10.6. The highest BCUT2D eigenvalue weighted by Gasteiger charge is 2.39. The minimum atomic E-state index is -4.46. The molecule has 1 unspecified atom stereocenters. The first-order chi connectivity index (χ1) is 28.8. The van der Waals surface area contributed by atoms with E-state index in [2.05, 4.69) is 140 Å². The van der Waals surface area contributed by atoms with Crippen molar-refractivity contribution in [1.29, 1.82) is 0 Å². The molecule has 5 aliphatic rings. The van der Waals surface area contributed by atoms with Crippen LogP contribution in [0.2, 0.25) is 0 Å². The normalized spacial score (nSPS) is 17.6. The Morgan fingerprint density at radius 2 is 1.31 bits per heavy atom. The van der Waals surface area contributed by atoms with E-state index in [4.69, 9.17) is 0 Å². The molecule has 0 bridgehead atoms. The van der Waals surface area contributed by atoms with E-state index in [-0.39, 0.29) is 11.5 Å². The lowest BCUT2D eigenvalue weighted by molar-refractivity contribution is -0.137. The Labute approximate surface area is 339 Å². The maximum atomic E-state index is 14.3. The number of benzene rings is 7. The van der Waals surface area contributed by atoms with Crippen LogP contribution in [0.5, 0.6) is 0 Å². The number of fused-ring (bicyclic) bond motifs is 6. The van der Waals surface area contributed by atoms with Crippen molar-refractivity contribution in [1.82, 2.24) is 0 Å². The molecule has 0 amide bonds. The predicted octanol–water partition coefficient (Wildman–Crippen LogP) is 13.3. The summed E-state index contributed by atoms with van der Waals surface area (Å²) in [5, 5.41) is 7.01. The minimum absolute atomic E-state index is 0.142. The second-order valence-corrected chi connectivity index (χ2v) is 16.2. The SMILES string of the molecule is Cc1ccc(C(F)(F)F)c(C2=CC(=c3ccc4c5c(cccc35)=c3c(-c5ccccc5)c5c(c(-c6ccccc6)c3-4)=C3C=CC=C4c6ccccc6C(=C5)C43)CC=C2)c1. The average molecular weight is 765 g/mol. The second kappa shape index (κ2) is 12.5. The molecule has 0 N–H and O–H groups in total. The van der Waals surface area contributed by atoms with Crippen LogP contribution in [0.3, 0.4) is 0 Å². The predicted molar refractivity (Wildman–Crippen MR) is 237 cm³/mol. The van der Waals surface area contributed by atoms with E-state index < -0.39 is 11.7 Å². The van der Waals surface area contributed by atoms with Crippen LogP contribution in [0.15, 0.2) is 170 Å². The van der Waals surface area contributed by atoms with Gasteiger partial charge in [0.15, 0.2) is 0 Å². The third-order valence-electron chi connectivity index (χ3n) is 13.0. The average Bonchev–Trinajstić information content (AvgIpc) is 3.77. The van der Waals surface area contributed by atoms with Crippen molar-refractivity contribution in [2.45, 2.75) is 19.5 Å². The molecule has 280 valence electrons. The number of allylic oxidation sites excluding steroid dienone is 9. The number of hydrogen-bond donors (Lipinski definition) is 0. The van der Waals surface area contributed by atoms with Gasteiger partial charge in [-0.05, 0) is 141 Å². The summed E-state index contributed by atoms with van der Waals surface area (Å²) < 4.78 is 43.0. The third kappa shape index (κ3) is 4.91. The van der Waals surface area contributed by atoms with Gasteiger partial charge in [0.05, 0.1) is 5.56 Å². The van der Waals surface area contributed by atoms with Crippen LogP contribution in [0, 0.1) is 23.3 Å². The van der Waals surface area contributed by atoms with Crippen LogP contribution in [-0.2, 0) is 6.18 Å². The van der Waals surface area contributed by atoms with Crippen LogP contribution in [0.25, 0.3) is 78.1 Å². The van der Waals surface area contributed by atoms with E-state index in [9.17, 15) is 13.2 Å². The van der Waals surface area contributed by atoms with Crippen molar-refractivity contribution < 1.29 is 13.2 Å². The number of hydrogen-bond acceptors (Lipinski definition) is 0. The van der Waals surface area contributed by atoms with Crippen LogP contribution in [0.4, 0.5) is 13.2 Å². The van der Waals surface area contributed by atoms with Gasteiger partial charge >= 0.3 is 6.18 Å². The summed E-state index contributed by atoms with van der Waals surface area (Å²) in [6, 6.07) is 46.0. The van der Waals surface area contributed by atoms with Crippen molar-refractivity contribution in [3.8, 4) is 33.4 Å². The largest absolute Gasteiger partial charge is 0.417 e. The van der Waals surface area contributed by atoms with Crippen LogP contribution >= 0.6 is 0 Å². The minimum Gasteiger partial charge on any atom is -0.166 e. The lowest BCUT2D eigenvalue weighted by Gasteiger charge is -2.28. The number of alkyl halides is 3. The standard InChI is InChI=1S/C56H35F3/c1-32-25-28-48(56(57,58)59)45(29-32)36-18-10-17-35(30-36)37-26-27-44-51-40(37)21-11-24-43(51)54-49(33-13-4-2-5-14-33)47-31-46-39-20-9-8-19-38(39)41-22-12-23-42(52(41)46)53(47)50(55(44)54)34-15-6-3-7-16-34/h2-16,18-31,52H,17H2,1H3. The van der Waals surface area contributed by atoms with Gasteiger partial charge in [0.25, 0.3) is 0 Å². The molecule has 0 heterocycles. The molecular formula is C56H35F3. The molecule has 59 heavy (non-hydrogen) atoms. The number of rotatable bonds is 3. The molecule has 7 aromatic carbocycles. The van der Waals surface area contributed by atoms with E-state index in [0.29, 0.717) is 12.0 Å². The summed E-state index contributed by atoms with van der Waals surface area (Å²) in [7, 11) is 0. The van der Waals surface area contributed by atoms with Crippen molar-refractivity contribution >= 4 is 44.7 Å². The number of aryl methyl sites for hydroxylation is 1. The maximum Gasteiger partial charge on any atom is 0.417 e. The lowest BCUT2D eigenvalue weighted by atomic mass is 9.74. The van der Waals surface area contributed by atoms with Gasteiger partial charge < -0.3 is 0 Å². The Morgan fingerprint density at radius 3 is 2.07 bits per heavy atom. The molecule has 7 aromatic rings. The van der Waals surface area contributed by atoms with E-state index >= 15 is 0 Å². The molecule has 3 heteroatoms. The van der Waals surface area contributed by atoms with Gasteiger partial charge in [-0.3, -0.25) is 0 Å². The van der Waals surface area contributed by atoms with Crippen LogP contribution in [0.1, 0.15) is 39.8 Å². The molecule has 12 rings (SSSR count). The van der Waals surface area contributed by atoms with Crippen molar-refractivity contribution in [2.24, 2.45) is 5.92 Å². The number of halogens is 3. The summed E-state index contributed by atoms with van der Waals surface area (Å²) in [6.45, 7) is 1.84. The van der Waals surface area contributed by atoms with Crippen LogP contribution in [-0.4, -0.2) is 0 Å². The maximum absolute atomic E-state index is 14.3. The van der Waals surface area contributed by atoms with Crippen LogP contribution < -0.4 is 10.4 Å². The highest BCUT2D eigenvalue weighted by molar-refractivity contribution is 6.15. The zero-order chi connectivity index (χ0) is 39.6. The second-order valence-electron chi connectivity index (χ2n) is 16.2. The highest BCUT2D eigenvalue weighted by atomic mass is 19.4. The van der Waals surface area contributed by atoms with Gasteiger partial charge in [-0.25, -0.2) is 0 Å². The van der Waals surface area contributed by atoms with Gasteiger partial charge in [0, 0.05) is 5.92 Å². The summed E-state index contributed by atoms with van der Waals surface area (Å²) in [4.78, 5) is 0. The van der Waals surface area contributed by atoms with Gasteiger partial charge in [0.2, 0.25) is 0 Å². The van der Waals surface area contributed by atoms with Gasteiger partial charge in [-0.1, -0.05) is 169 Å². The fraction of sp³-hybridized carbons (Fsp3) is 0.0714. The van der Waals surface area contributed by atoms with Gasteiger partial charge in [0.1, 0.15) is 0 Å². The Kier molecular flexibility index (Phi) is 7.23. The zero-order valence-corrected chi connectivity index (χ0v) is 32.2. The first-order valence-corrected chi connectivity index (χ1v) is 20.3. The third-order valence-corrected chi connectivity index (χ3v) is 13.0. The molecule has 5 aliphatic carbocycles. The molecule has 0 saturated carbocycles. The summed E-state index contributed by atoms with van der Waals surface area (Å²) >= 11 is 0. The molecule has 0 fully saturated rings. The Balaban J connectivity index is 1.24. The molecule has 0 spiro atoms. The topological polar surface area (TPSA) is 0 Å². The summed E-state index contributed by atoms with van der Waals surface area (Å²) in [5.41, 5.74) is 17.0. The molecule has 0 nitrogen and oxygen atoms in total. The van der Waals surface area contributed by atoms with Crippen molar-refractivity contribution in [3.63, 3.8) is 0 Å². The lowest BCUT2D eigenvalue weighted by Crippen LogP contribution is -2.24. The monoisotopic (exact) mass is 764 g/mol. The Morgan fingerprint density at radius 1 is 0.576 bits per heavy atom. The van der Waals surface area contributed by atoms with E-state index in [1.165, 1.54) is 100.0 Å². The van der Waals surface area contributed by atoms with Crippen molar-refractivity contribution in [2.75, 3.05) is 0 Å². The molecule has 0 aromatic heterocycles. The summed E-state index contributed by atoms with van der Waals surface area (Å²) in [6.07, 6.45) is 11.3. The molecule has 0 radical (unpaired) electrons. The zero-order valence-electron chi connectivity index (χ0n) is 32.2. The smallest absolute Gasteiger partial charge is 0.166 e. The Hall–Kier alpha value is -6.97. The van der Waals surface area contributed by atoms with Gasteiger partial charge in [-0.15, -0.1) is 0 Å². The first kappa shape index (κ1) is 34.1. The van der Waals surface area contributed by atoms with Crippen molar-refractivity contribution in [3.05, 3.63) is 224 Å². The molecule has 0 aliphatic heterocycles. The summed E-state index contributed by atoms with van der Waals surface area (Å²) in [5.74, 6) is 0.142. The molecule has 1 atom stereocenters. The van der Waals surface area contributed by atoms with E-state index in [0.717, 1.165) is 21.7 Å². The van der Waals surface area contributed by atoms with E-state index in [1.54, 1.807) is 6.07 Å². The highest BCUT2D eigenvalue weighted by Crippen LogP contribution is 2.55. The molecule has 0 saturated heterocycles. The quantitative estimate of drug-likeness (QED) is 0.168. The van der Waals surface area contributed by atoms with Gasteiger partial charge in [-0.2, -0.15) is 13.2 Å². The first-order valence-electron chi connectivity index (χ1n) is 20.3.